The lowest BCUT2D eigenvalue weighted by atomic mass is 10.1. The zero-order chi connectivity index (χ0) is 16.2. The fraction of sp³-hybridized carbons (Fsp3) is 0.438. The molecule has 1 amide bonds. The van der Waals surface area contributed by atoms with E-state index in [0.29, 0.717) is 37.6 Å². The second-order valence-corrected chi connectivity index (χ2v) is 5.52. The van der Waals surface area contributed by atoms with Gasteiger partial charge in [0, 0.05) is 13.1 Å². The maximum absolute atomic E-state index is 13.7. The van der Waals surface area contributed by atoms with Crippen LogP contribution in [0.3, 0.4) is 0 Å². The van der Waals surface area contributed by atoms with Gasteiger partial charge in [0.15, 0.2) is 5.82 Å². The Morgan fingerprint density at radius 2 is 2.13 bits per heavy atom. The molecule has 3 rings (SSSR count). The Bertz CT molecular complexity index is 681. The molecule has 1 aromatic heterocycles. The van der Waals surface area contributed by atoms with E-state index in [2.05, 4.69) is 10.1 Å². The third kappa shape index (κ3) is 3.73. The number of carbonyl (C=O) groups is 1. The average Bonchev–Trinajstić information content (AvgIpc) is 2.99. The summed E-state index contributed by atoms with van der Waals surface area (Å²) in [7, 11) is 0. The van der Waals surface area contributed by atoms with Crippen molar-refractivity contribution >= 4 is 5.91 Å². The Morgan fingerprint density at radius 1 is 1.39 bits per heavy atom. The molecule has 1 aromatic carbocycles. The van der Waals surface area contributed by atoms with Gasteiger partial charge in [-0.1, -0.05) is 17.3 Å². The van der Waals surface area contributed by atoms with Crippen molar-refractivity contribution in [3.63, 3.8) is 0 Å². The fourth-order valence-electron chi connectivity index (χ4n) is 2.62. The molecule has 0 saturated carbocycles. The average molecular weight is 319 g/mol. The molecule has 1 fully saturated rings. The minimum Gasteiger partial charge on any atom is -0.368 e. The molecule has 1 aliphatic heterocycles. The number of nitrogens with zero attached hydrogens (tertiary/aromatic N) is 3. The van der Waals surface area contributed by atoms with Gasteiger partial charge in [-0.3, -0.25) is 4.79 Å². The summed E-state index contributed by atoms with van der Waals surface area (Å²) in [5.41, 5.74) is 0.119. The fourth-order valence-corrected chi connectivity index (χ4v) is 2.62. The molecule has 0 bridgehead atoms. The van der Waals surface area contributed by atoms with Crippen molar-refractivity contribution < 1.29 is 18.4 Å². The second kappa shape index (κ2) is 6.87. The molecule has 122 valence electrons. The van der Waals surface area contributed by atoms with Gasteiger partial charge in [0.25, 0.3) is 11.8 Å². The molecule has 6 nitrogen and oxygen atoms in total. The van der Waals surface area contributed by atoms with E-state index in [0.717, 1.165) is 0 Å². The maximum atomic E-state index is 13.7. The van der Waals surface area contributed by atoms with Gasteiger partial charge < -0.3 is 14.2 Å². The quantitative estimate of drug-likeness (QED) is 0.865. The summed E-state index contributed by atoms with van der Waals surface area (Å²) in [5, 5.41) is 3.70. The Morgan fingerprint density at radius 3 is 2.78 bits per heavy atom. The van der Waals surface area contributed by atoms with Gasteiger partial charge in [-0.05, 0) is 31.9 Å². The molecule has 1 aliphatic rings. The molecule has 0 unspecified atom stereocenters. The van der Waals surface area contributed by atoms with Crippen molar-refractivity contribution in [3.8, 4) is 0 Å². The van der Waals surface area contributed by atoms with E-state index in [4.69, 9.17) is 9.26 Å². The van der Waals surface area contributed by atoms with Gasteiger partial charge >= 0.3 is 0 Å². The lowest BCUT2D eigenvalue weighted by molar-refractivity contribution is -0.00985. The molecular weight excluding hydrogens is 301 g/mol. The van der Waals surface area contributed by atoms with E-state index in [-0.39, 0.29) is 24.2 Å². The number of amides is 1. The first-order valence-corrected chi connectivity index (χ1v) is 7.58. The molecule has 1 saturated heterocycles. The Kier molecular flexibility index (Phi) is 4.66. The number of hydrogen-bond donors (Lipinski definition) is 0. The van der Waals surface area contributed by atoms with Gasteiger partial charge in [-0.2, -0.15) is 4.98 Å². The number of piperidine rings is 1. The van der Waals surface area contributed by atoms with Gasteiger partial charge in [0.05, 0.1) is 11.7 Å². The molecule has 0 radical (unpaired) electrons. The molecule has 0 atom stereocenters. The van der Waals surface area contributed by atoms with E-state index in [9.17, 15) is 9.18 Å². The SMILES string of the molecule is Cc1noc(COC2CCN(C(=O)c3ccccc3F)CC2)n1. The zero-order valence-corrected chi connectivity index (χ0v) is 12.9. The number of aryl methyl sites for hydroxylation is 1. The summed E-state index contributed by atoms with van der Waals surface area (Å²) in [5.74, 6) is 0.276. The van der Waals surface area contributed by atoms with Crippen molar-refractivity contribution in [2.45, 2.75) is 32.5 Å². The van der Waals surface area contributed by atoms with Crippen LogP contribution in [0.5, 0.6) is 0 Å². The molecule has 0 N–H and O–H groups in total. The van der Waals surface area contributed by atoms with Crippen LogP contribution in [0.25, 0.3) is 0 Å². The van der Waals surface area contributed by atoms with Crippen molar-refractivity contribution in [2.75, 3.05) is 13.1 Å². The predicted molar refractivity (Wildman–Crippen MR) is 79.1 cm³/mol. The van der Waals surface area contributed by atoms with Crippen LogP contribution in [0.1, 0.15) is 34.9 Å². The normalized spacial score (nSPS) is 15.8. The first kappa shape index (κ1) is 15.6. The molecule has 7 heteroatoms. The number of halogens is 1. The highest BCUT2D eigenvalue weighted by molar-refractivity contribution is 5.94. The molecule has 0 aliphatic carbocycles. The smallest absolute Gasteiger partial charge is 0.256 e. The van der Waals surface area contributed by atoms with Crippen molar-refractivity contribution in [1.29, 1.82) is 0 Å². The number of aromatic nitrogens is 2. The Hall–Kier alpha value is -2.28. The minimum absolute atomic E-state index is 0.0341. The van der Waals surface area contributed by atoms with E-state index < -0.39 is 5.82 Å². The van der Waals surface area contributed by atoms with Gasteiger partial charge in [-0.25, -0.2) is 4.39 Å². The lowest BCUT2D eigenvalue weighted by Crippen LogP contribution is -2.41. The van der Waals surface area contributed by atoms with Crippen LogP contribution in [0.15, 0.2) is 28.8 Å². The van der Waals surface area contributed by atoms with Crippen molar-refractivity contribution in [2.24, 2.45) is 0 Å². The zero-order valence-electron chi connectivity index (χ0n) is 12.9. The molecule has 2 heterocycles. The van der Waals surface area contributed by atoms with Crippen molar-refractivity contribution in [1.82, 2.24) is 15.0 Å². The topological polar surface area (TPSA) is 68.5 Å². The maximum Gasteiger partial charge on any atom is 0.256 e. The molecule has 2 aromatic rings. The van der Waals surface area contributed by atoms with Gasteiger partial charge in [0.2, 0.25) is 0 Å². The van der Waals surface area contributed by atoms with Crippen LogP contribution in [-0.2, 0) is 11.3 Å². The number of ether oxygens (including phenoxy) is 1. The summed E-state index contributed by atoms with van der Waals surface area (Å²) in [6, 6.07) is 6.05. The van der Waals surface area contributed by atoms with E-state index >= 15 is 0 Å². The highest BCUT2D eigenvalue weighted by atomic mass is 19.1. The van der Waals surface area contributed by atoms with Crippen LogP contribution < -0.4 is 0 Å². The summed E-state index contributed by atoms with van der Waals surface area (Å²) < 4.78 is 24.4. The third-order valence-corrected chi connectivity index (χ3v) is 3.85. The minimum atomic E-state index is -0.484. The second-order valence-electron chi connectivity index (χ2n) is 5.52. The van der Waals surface area contributed by atoms with E-state index in [1.165, 1.54) is 12.1 Å². The monoisotopic (exact) mass is 319 g/mol. The third-order valence-electron chi connectivity index (χ3n) is 3.85. The Balaban J connectivity index is 1.50. The number of rotatable bonds is 4. The van der Waals surface area contributed by atoms with Crippen LogP contribution in [0, 0.1) is 12.7 Å². The highest BCUT2D eigenvalue weighted by Gasteiger charge is 2.25. The number of likely N-dealkylation sites (tertiary alicyclic amines) is 1. The summed E-state index contributed by atoms with van der Waals surface area (Å²) in [6.45, 7) is 3.11. The first-order chi connectivity index (χ1) is 11.1. The highest BCUT2D eigenvalue weighted by Crippen LogP contribution is 2.18. The summed E-state index contributed by atoms with van der Waals surface area (Å²) >= 11 is 0. The number of hydrogen-bond acceptors (Lipinski definition) is 5. The number of carbonyl (C=O) groups excluding carboxylic acids is 1. The summed E-state index contributed by atoms with van der Waals surface area (Å²) in [6.07, 6.45) is 1.44. The lowest BCUT2D eigenvalue weighted by Gasteiger charge is -2.31. The van der Waals surface area contributed by atoms with Crippen LogP contribution >= 0.6 is 0 Å². The molecule has 23 heavy (non-hydrogen) atoms. The Labute approximate surface area is 133 Å². The molecular formula is C16H18FN3O3. The number of benzene rings is 1. The van der Waals surface area contributed by atoms with E-state index in [1.807, 2.05) is 0 Å². The standard InChI is InChI=1S/C16H18FN3O3/c1-11-18-15(23-19-11)10-22-12-6-8-20(9-7-12)16(21)13-4-2-3-5-14(13)17/h2-5,12H,6-10H2,1H3. The van der Waals surface area contributed by atoms with Crippen molar-refractivity contribution in [3.05, 3.63) is 47.4 Å². The van der Waals surface area contributed by atoms with Gasteiger partial charge in [0.1, 0.15) is 12.4 Å². The van der Waals surface area contributed by atoms with E-state index in [1.54, 1.807) is 24.0 Å². The van der Waals surface area contributed by atoms with Crippen LogP contribution in [-0.4, -0.2) is 40.1 Å². The van der Waals surface area contributed by atoms with Gasteiger partial charge in [-0.15, -0.1) is 0 Å². The van der Waals surface area contributed by atoms with Crippen LogP contribution in [0.4, 0.5) is 4.39 Å². The van der Waals surface area contributed by atoms with Crippen LogP contribution in [0.2, 0.25) is 0 Å². The summed E-state index contributed by atoms with van der Waals surface area (Å²) in [4.78, 5) is 18.1. The largest absolute Gasteiger partial charge is 0.368 e. The molecule has 0 spiro atoms. The first-order valence-electron chi connectivity index (χ1n) is 7.58. The predicted octanol–water partition coefficient (Wildman–Crippen LogP) is 2.34.